The molecule has 29 heavy (non-hydrogen) atoms. The van der Waals surface area contributed by atoms with Crippen LogP contribution >= 0.6 is 23.8 Å². The van der Waals surface area contributed by atoms with Gasteiger partial charge in [-0.3, -0.25) is 0 Å². The Morgan fingerprint density at radius 2 is 1.79 bits per heavy atom. The number of thiocarbonyl (C=S) groups is 1. The summed E-state index contributed by atoms with van der Waals surface area (Å²) in [6.45, 7) is 0. The minimum Gasteiger partial charge on any atom is 1.00 e. The second kappa shape index (κ2) is 9.05. The number of fused-ring (bicyclic) bond motifs is 1. The Morgan fingerprint density at radius 1 is 1.14 bits per heavy atom. The van der Waals surface area contributed by atoms with Gasteiger partial charge in [-0.05, 0) is 0 Å². The van der Waals surface area contributed by atoms with Crippen molar-refractivity contribution in [3.8, 4) is 0 Å². The number of ether oxygens (including phenoxy) is 1. The smallest absolute Gasteiger partial charge is 1.00 e. The first-order valence-corrected chi connectivity index (χ1v) is 11.9. The second-order valence-electron chi connectivity index (χ2n) is 5.80. The molecular weight excluding hydrogens is 530 g/mol. The summed E-state index contributed by atoms with van der Waals surface area (Å²) in [6, 6.07) is 13.5. The summed E-state index contributed by atoms with van der Waals surface area (Å²) in [5.41, 5.74) is 1.04. The zero-order chi connectivity index (χ0) is 20.1. The number of carbonyl (C=O) groups is 1. The summed E-state index contributed by atoms with van der Waals surface area (Å²) < 4.78 is 41.0. The van der Waals surface area contributed by atoms with Gasteiger partial charge in [0.05, 0.1) is 0 Å². The first kappa shape index (κ1) is 23.4. The molecule has 1 amide bonds. The van der Waals surface area contributed by atoms with Crippen molar-refractivity contribution < 1.29 is 73.9 Å². The van der Waals surface area contributed by atoms with Crippen LogP contribution in [0.5, 0.6) is 0 Å². The average molecular weight is 540 g/mol. The van der Waals surface area contributed by atoms with Gasteiger partial charge in [0.1, 0.15) is 0 Å². The number of carbonyl (C=O) groups excluding carboxylic acids is 1. The summed E-state index contributed by atoms with van der Waals surface area (Å²) in [7, 11) is -4.59. The van der Waals surface area contributed by atoms with Gasteiger partial charge in [0.15, 0.2) is 0 Å². The number of benzene rings is 2. The Kier molecular flexibility index (Phi) is 7.29. The van der Waals surface area contributed by atoms with E-state index >= 15 is 0 Å². The minimum atomic E-state index is -4.59. The molecule has 0 spiro atoms. The Hall–Kier alpha value is -0.304. The SMILES string of the molecule is O=C1/C(=C2/[Se]c3ccccc3N2CS(=O)(=O)[O-])OC(=S)N1c1ccc(Cl)cc1.[K+]. The predicted octanol–water partition coefficient (Wildman–Crippen LogP) is -1.49. The number of hydrogen-bond acceptors (Lipinski definition) is 7. The molecule has 0 aromatic heterocycles. The zero-order valence-electron chi connectivity index (χ0n) is 14.9. The fourth-order valence-electron chi connectivity index (χ4n) is 2.80. The second-order valence-corrected chi connectivity index (χ2v) is 10.1. The molecule has 144 valence electrons. The third kappa shape index (κ3) is 4.80. The van der Waals surface area contributed by atoms with Gasteiger partial charge < -0.3 is 0 Å². The van der Waals surface area contributed by atoms with E-state index in [4.69, 9.17) is 28.6 Å². The van der Waals surface area contributed by atoms with Crippen molar-refractivity contribution in [1.29, 1.82) is 0 Å². The van der Waals surface area contributed by atoms with Crippen LogP contribution in [0.15, 0.2) is 58.9 Å². The van der Waals surface area contributed by atoms with Crippen molar-refractivity contribution in [2.45, 2.75) is 0 Å². The van der Waals surface area contributed by atoms with Gasteiger partial charge >= 0.3 is 229 Å². The van der Waals surface area contributed by atoms with Crippen LogP contribution in [-0.2, 0) is 19.6 Å². The summed E-state index contributed by atoms with van der Waals surface area (Å²) in [5, 5.41) is 0.425. The number of amides is 1. The molecule has 0 radical (unpaired) electrons. The number of halogens is 1. The normalized spacial score (nSPS) is 18.6. The number of para-hydroxylation sites is 1. The van der Waals surface area contributed by atoms with Crippen LogP contribution in [0.3, 0.4) is 0 Å². The van der Waals surface area contributed by atoms with E-state index in [0.717, 1.165) is 4.46 Å². The molecule has 0 unspecified atom stereocenters. The molecule has 0 aliphatic carbocycles. The van der Waals surface area contributed by atoms with Crippen molar-refractivity contribution in [2.75, 3.05) is 15.7 Å². The molecule has 4 rings (SSSR count). The maximum atomic E-state index is 13.0. The molecule has 2 aromatic carbocycles. The Bertz CT molecular complexity index is 1140. The van der Waals surface area contributed by atoms with E-state index in [1.165, 1.54) is 9.80 Å². The maximum absolute atomic E-state index is 13.0. The molecule has 1 saturated heterocycles. The number of rotatable bonds is 3. The predicted molar refractivity (Wildman–Crippen MR) is 109 cm³/mol. The van der Waals surface area contributed by atoms with Crippen LogP contribution in [0.25, 0.3) is 0 Å². The molecule has 0 atom stereocenters. The molecule has 0 saturated carbocycles. The van der Waals surface area contributed by atoms with Gasteiger partial charge in [-0.1, -0.05) is 0 Å². The Morgan fingerprint density at radius 3 is 2.45 bits per heavy atom. The third-order valence-corrected chi connectivity index (χ3v) is 7.48. The quantitative estimate of drug-likeness (QED) is 0.203. The topological polar surface area (TPSA) is 90.0 Å². The van der Waals surface area contributed by atoms with Gasteiger partial charge in [-0.2, -0.15) is 0 Å². The molecule has 7 nitrogen and oxygen atoms in total. The Balaban J connectivity index is 0.00000240. The standard InChI is InChI=1S/C17H11ClN2O5S2Se.K/c18-10-5-7-11(8-6-10)20-15(21)14(25-17(20)26)16-19(9-27(22,23)24)12-3-1-2-4-13(12)28-16;/h1-8H,9H2,(H,22,23,24);/q;+1/p-1/b16-14-;. The van der Waals surface area contributed by atoms with E-state index in [0.29, 0.717) is 21.0 Å². The first-order valence-electron chi connectivity index (χ1n) is 7.79. The fourth-order valence-corrected chi connectivity index (χ4v) is 6.34. The van der Waals surface area contributed by atoms with Crippen LogP contribution in [0.2, 0.25) is 5.02 Å². The molecule has 2 heterocycles. The average Bonchev–Trinajstić information content (AvgIpc) is 3.12. The number of hydrogen-bond donors (Lipinski definition) is 0. The van der Waals surface area contributed by atoms with E-state index < -0.39 is 36.9 Å². The van der Waals surface area contributed by atoms with E-state index in [1.807, 2.05) is 6.07 Å². The van der Waals surface area contributed by atoms with Crippen molar-refractivity contribution in [2.24, 2.45) is 0 Å². The Labute approximate surface area is 226 Å². The van der Waals surface area contributed by atoms with Crippen molar-refractivity contribution in [3.63, 3.8) is 0 Å². The van der Waals surface area contributed by atoms with Crippen LogP contribution in [-0.4, -0.2) is 44.9 Å². The fraction of sp³-hybridized carbons (Fsp3) is 0.0588. The van der Waals surface area contributed by atoms with Crippen molar-refractivity contribution in [1.82, 2.24) is 0 Å². The molecule has 2 aliphatic heterocycles. The summed E-state index contributed by atoms with van der Waals surface area (Å²) in [5.74, 6) is -1.39. The van der Waals surface area contributed by atoms with E-state index in [-0.39, 0.29) is 62.3 Å². The third-order valence-electron chi connectivity index (χ3n) is 3.94. The first-order chi connectivity index (χ1) is 13.2. The van der Waals surface area contributed by atoms with Gasteiger partial charge in [0.25, 0.3) is 0 Å². The van der Waals surface area contributed by atoms with Gasteiger partial charge in [0, 0.05) is 0 Å². The summed E-state index contributed by atoms with van der Waals surface area (Å²) in [4.78, 5) is 15.6. The summed E-state index contributed by atoms with van der Waals surface area (Å²) >= 11 is 10.7. The van der Waals surface area contributed by atoms with Crippen LogP contribution in [0, 0.1) is 0 Å². The van der Waals surface area contributed by atoms with E-state index in [1.54, 1.807) is 42.5 Å². The molecule has 2 aromatic rings. The molecule has 1 fully saturated rings. The molecule has 0 N–H and O–H groups in total. The van der Waals surface area contributed by atoms with Crippen LogP contribution < -0.4 is 65.6 Å². The molecular formula is C17H10ClKN2O5S2Se. The molecule has 12 heteroatoms. The van der Waals surface area contributed by atoms with Gasteiger partial charge in [0.2, 0.25) is 0 Å². The summed E-state index contributed by atoms with van der Waals surface area (Å²) in [6.07, 6.45) is 0. The number of nitrogens with zero attached hydrogens (tertiary/aromatic N) is 2. The van der Waals surface area contributed by atoms with Gasteiger partial charge in [-0.25, -0.2) is 0 Å². The van der Waals surface area contributed by atoms with Crippen LogP contribution in [0.1, 0.15) is 0 Å². The van der Waals surface area contributed by atoms with Crippen molar-refractivity contribution >= 4 is 75.8 Å². The van der Waals surface area contributed by atoms with E-state index in [9.17, 15) is 17.8 Å². The molecule has 2 aliphatic rings. The monoisotopic (exact) mass is 540 g/mol. The largest absolute Gasteiger partial charge is 1.00 e. The maximum Gasteiger partial charge on any atom is 1.00 e. The minimum absolute atomic E-state index is 0. The van der Waals surface area contributed by atoms with E-state index in [2.05, 4.69) is 0 Å². The van der Waals surface area contributed by atoms with Gasteiger partial charge in [-0.15, -0.1) is 0 Å². The number of anilines is 2. The zero-order valence-corrected chi connectivity index (χ0v) is 22.1. The van der Waals surface area contributed by atoms with Crippen LogP contribution in [0.4, 0.5) is 11.4 Å². The van der Waals surface area contributed by atoms with Crippen molar-refractivity contribution in [3.05, 3.63) is 63.9 Å². The molecule has 0 bridgehead atoms.